The molecule has 3 aromatic rings. The Bertz CT molecular complexity index is 816. The molecule has 6 nitrogen and oxygen atoms in total. The summed E-state index contributed by atoms with van der Waals surface area (Å²) in [6.45, 7) is 0. The molecule has 0 aliphatic rings. The second-order valence-corrected chi connectivity index (χ2v) is 5.16. The van der Waals surface area contributed by atoms with Gasteiger partial charge in [0.25, 0.3) is 0 Å². The Balaban J connectivity index is 2.02. The van der Waals surface area contributed by atoms with E-state index in [4.69, 9.17) is 5.11 Å². The zero-order chi connectivity index (χ0) is 14.8. The minimum atomic E-state index is -1.07. The van der Waals surface area contributed by atoms with Crippen LogP contribution >= 0.6 is 11.8 Å². The number of fused-ring (bicyclic) bond motifs is 1. The van der Waals surface area contributed by atoms with Gasteiger partial charge in [0.1, 0.15) is 12.1 Å². The quantitative estimate of drug-likeness (QED) is 0.721. The first kappa shape index (κ1) is 13.4. The Morgan fingerprint density at radius 2 is 2.19 bits per heavy atom. The summed E-state index contributed by atoms with van der Waals surface area (Å²) in [7, 11) is 0. The van der Waals surface area contributed by atoms with E-state index in [0.29, 0.717) is 16.9 Å². The molecular formula is C14H12N4O2S. The van der Waals surface area contributed by atoms with Crippen molar-refractivity contribution in [3.05, 3.63) is 42.9 Å². The standard InChI is InChI=1S/C14H12N4O2S/c1-21-10-4-2-3-9(7-10)17-12-11-5-6-18(14(19)20)13(11)16-8-15-12/h2-8H,1H3,(H,19,20)(H,15,16,17). The molecule has 0 aliphatic carbocycles. The Morgan fingerprint density at radius 1 is 1.33 bits per heavy atom. The van der Waals surface area contributed by atoms with Crippen molar-refractivity contribution in [1.29, 1.82) is 0 Å². The molecule has 21 heavy (non-hydrogen) atoms. The van der Waals surface area contributed by atoms with E-state index in [1.807, 2.05) is 30.5 Å². The third-order valence-corrected chi connectivity index (χ3v) is 3.75. The summed E-state index contributed by atoms with van der Waals surface area (Å²) in [5, 5.41) is 13.0. The minimum absolute atomic E-state index is 0.362. The zero-order valence-electron chi connectivity index (χ0n) is 11.1. The van der Waals surface area contributed by atoms with Crippen molar-refractivity contribution in [1.82, 2.24) is 14.5 Å². The SMILES string of the molecule is CSc1cccc(Nc2ncnc3c2ccn3C(=O)O)c1. The summed E-state index contributed by atoms with van der Waals surface area (Å²) >= 11 is 1.65. The van der Waals surface area contributed by atoms with Crippen molar-refractivity contribution in [2.24, 2.45) is 0 Å². The Morgan fingerprint density at radius 3 is 2.95 bits per heavy atom. The lowest BCUT2D eigenvalue weighted by Crippen LogP contribution is -2.07. The summed E-state index contributed by atoms with van der Waals surface area (Å²) in [6.07, 6.45) is 3.75. The summed E-state index contributed by atoms with van der Waals surface area (Å²) in [4.78, 5) is 20.5. The van der Waals surface area contributed by atoms with Crippen molar-refractivity contribution >= 4 is 40.4 Å². The van der Waals surface area contributed by atoms with Crippen LogP contribution in [0.25, 0.3) is 11.0 Å². The van der Waals surface area contributed by atoms with E-state index in [9.17, 15) is 4.79 Å². The van der Waals surface area contributed by atoms with E-state index in [-0.39, 0.29) is 0 Å². The van der Waals surface area contributed by atoms with Crippen LogP contribution in [0.4, 0.5) is 16.3 Å². The summed E-state index contributed by atoms with van der Waals surface area (Å²) in [6, 6.07) is 9.60. The lowest BCUT2D eigenvalue weighted by atomic mass is 10.3. The van der Waals surface area contributed by atoms with Crippen LogP contribution in [0, 0.1) is 0 Å². The van der Waals surface area contributed by atoms with Crippen molar-refractivity contribution in [3.8, 4) is 0 Å². The van der Waals surface area contributed by atoms with Crippen LogP contribution in [0.5, 0.6) is 0 Å². The lowest BCUT2D eigenvalue weighted by Gasteiger charge is -2.07. The fraction of sp³-hybridized carbons (Fsp3) is 0.0714. The number of hydrogen-bond acceptors (Lipinski definition) is 5. The second kappa shape index (κ2) is 5.45. The molecule has 0 saturated heterocycles. The van der Waals surface area contributed by atoms with Crippen LogP contribution in [0.3, 0.4) is 0 Å². The van der Waals surface area contributed by atoms with E-state index in [2.05, 4.69) is 15.3 Å². The third-order valence-electron chi connectivity index (χ3n) is 3.02. The average molecular weight is 300 g/mol. The molecule has 3 rings (SSSR count). The monoisotopic (exact) mass is 300 g/mol. The highest BCUT2D eigenvalue weighted by Crippen LogP contribution is 2.26. The molecule has 0 radical (unpaired) electrons. The smallest absolute Gasteiger partial charge is 0.417 e. The molecule has 1 aromatic carbocycles. The maximum Gasteiger partial charge on any atom is 0.417 e. The fourth-order valence-electron chi connectivity index (χ4n) is 2.04. The molecule has 0 atom stereocenters. The van der Waals surface area contributed by atoms with Gasteiger partial charge in [0.05, 0.1) is 5.39 Å². The Kier molecular flexibility index (Phi) is 3.49. The molecule has 0 aliphatic heterocycles. The van der Waals surface area contributed by atoms with E-state index in [0.717, 1.165) is 15.1 Å². The van der Waals surface area contributed by atoms with Crippen molar-refractivity contribution in [2.75, 3.05) is 11.6 Å². The van der Waals surface area contributed by atoms with Crippen LogP contribution in [0.1, 0.15) is 0 Å². The average Bonchev–Trinajstić information content (AvgIpc) is 2.93. The zero-order valence-corrected chi connectivity index (χ0v) is 12.0. The largest absolute Gasteiger partial charge is 0.464 e. The number of rotatable bonds is 3. The normalized spacial score (nSPS) is 10.7. The van der Waals surface area contributed by atoms with Gasteiger partial charge in [-0.2, -0.15) is 0 Å². The van der Waals surface area contributed by atoms with Gasteiger partial charge in [0, 0.05) is 16.8 Å². The molecule has 106 valence electrons. The summed E-state index contributed by atoms with van der Waals surface area (Å²) in [5.41, 5.74) is 1.26. The first-order chi connectivity index (χ1) is 10.2. The highest BCUT2D eigenvalue weighted by Gasteiger charge is 2.12. The van der Waals surface area contributed by atoms with Crippen LogP contribution in [-0.2, 0) is 0 Å². The predicted molar refractivity (Wildman–Crippen MR) is 82.5 cm³/mol. The molecule has 0 bridgehead atoms. The van der Waals surface area contributed by atoms with Crippen LogP contribution in [0.2, 0.25) is 0 Å². The minimum Gasteiger partial charge on any atom is -0.464 e. The Hall–Kier alpha value is -2.54. The number of nitrogens with zero attached hydrogens (tertiary/aromatic N) is 3. The molecule has 0 unspecified atom stereocenters. The number of thioether (sulfide) groups is 1. The molecule has 0 saturated carbocycles. The number of anilines is 2. The van der Waals surface area contributed by atoms with Gasteiger partial charge in [0.2, 0.25) is 0 Å². The molecular weight excluding hydrogens is 288 g/mol. The second-order valence-electron chi connectivity index (χ2n) is 4.28. The first-order valence-electron chi connectivity index (χ1n) is 6.15. The maximum atomic E-state index is 11.1. The third kappa shape index (κ3) is 2.55. The van der Waals surface area contributed by atoms with Crippen molar-refractivity contribution < 1.29 is 9.90 Å². The van der Waals surface area contributed by atoms with Gasteiger partial charge in [0.15, 0.2) is 5.65 Å². The molecule has 0 spiro atoms. The Labute approximate surface area is 124 Å². The molecule has 2 N–H and O–H groups in total. The van der Waals surface area contributed by atoms with E-state index in [1.54, 1.807) is 17.8 Å². The molecule has 0 fully saturated rings. The maximum absolute atomic E-state index is 11.1. The van der Waals surface area contributed by atoms with Gasteiger partial charge in [-0.05, 0) is 30.5 Å². The highest BCUT2D eigenvalue weighted by atomic mass is 32.2. The molecule has 7 heteroatoms. The van der Waals surface area contributed by atoms with Crippen LogP contribution in [0.15, 0.2) is 47.8 Å². The molecule has 0 amide bonds. The van der Waals surface area contributed by atoms with Gasteiger partial charge in [-0.3, -0.25) is 0 Å². The molecule has 2 heterocycles. The van der Waals surface area contributed by atoms with E-state index < -0.39 is 6.09 Å². The highest BCUT2D eigenvalue weighted by molar-refractivity contribution is 7.98. The number of nitrogens with one attached hydrogen (secondary N) is 1. The van der Waals surface area contributed by atoms with Gasteiger partial charge in [-0.25, -0.2) is 19.3 Å². The topological polar surface area (TPSA) is 80.0 Å². The van der Waals surface area contributed by atoms with Crippen LogP contribution < -0.4 is 5.32 Å². The number of carboxylic acid groups (broad SMARTS) is 1. The van der Waals surface area contributed by atoms with Gasteiger partial charge < -0.3 is 10.4 Å². The number of hydrogen-bond donors (Lipinski definition) is 2. The van der Waals surface area contributed by atoms with Crippen LogP contribution in [-0.4, -0.2) is 32.0 Å². The predicted octanol–water partition coefficient (Wildman–Crippen LogP) is 3.42. The van der Waals surface area contributed by atoms with Crippen molar-refractivity contribution in [2.45, 2.75) is 4.90 Å². The van der Waals surface area contributed by atoms with Crippen molar-refractivity contribution in [3.63, 3.8) is 0 Å². The number of carbonyl (C=O) groups is 1. The summed E-state index contributed by atoms with van der Waals surface area (Å²) in [5.74, 6) is 0.582. The summed E-state index contributed by atoms with van der Waals surface area (Å²) < 4.78 is 1.07. The fourth-order valence-corrected chi connectivity index (χ4v) is 2.50. The number of aromatic nitrogens is 3. The lowest BCUT2D eigenvalue weighted by molar-refractivity contribution is 0.197. The van der Waals surface area contributed by atoms with E-state index in [1.165, 1.54) is 12.5 Å². The van der Waals surface area contributed by atoms with Gasteiger partial charge >= 0.3 is 6.09 Å². The molecule has 2 aromatic heterocycles. The van der Waals surface area contributed by atoms with Gasteiger partial charge in [-0.15, -0.1) is 11.8 Å². The number of benzene rings is 1. The van der Waals surface area contributed by atoms with Gasteiger partial charge in [-0.1, -0.05) is 6.07 Å². The first-order valence-corrected chi connectivity index (χ1v) is 7.38. The van der Waals surface area contributed by atoms with E-state index >= 15 is 0 Å².